The molecule has 2 fully saturated rings. The van der Waals surface area contributed by atoms with Crippen LogP contribution in [-0.2, 0) is 14.8 Å². The fraction of sp³-hybridized carbons (Fsp3) is 0.360. The maximum atomic E-state index is 15.4. The maximum Gasteiger partial charge on any atom is 0.236 e. The number of halogens is 2. The van der Waals surface area contributed by atoms with Crippen LogP contribution in [0.3, 0.4) is 0 Å². The van der Waals surface area contributed by atoms with Crippen molar-refractivity contribution in [3.63, 3.8) is 0 Å². The Morgan fingerprint density at radius 1 is 1.19 bits per heavy atom. The number of methoxy groups -OCH3 is 1. The van der Waals surface area contributed by atoms with E-state index < -0.39 is 27.0 Å². The molecule has 4 unspecified atom stereocenters. The molecule has 0 radical (unpaired) electrons. The van der Waals surface area contributed by atoms with E-state index in [2.05, 4.69) is 15.2 Å². The number of nitrogens with zero attached hydrogens (tertiary/aromatic N) is 1. The van der Waals surface area contributed by atoms with Gasteiger partial charge in [-0.05, 0) is 55.0 Å². The zero-order valence-corrected chi connectivity index (χ0v) is 21.0. The number of carbonyl (C=O) groups excluding carboxylic acids is 1. The zero-order valence-electron chi connectivity index (χ0n) is 19.4. The van der Waals surface area contributed by atoms with Crippen LogP contribution in [0.25, 0.3) is 11.1 Å². The number of ether oxygens (including phenoxy) is 1. The first kappa shape index (κ1) is 24.6. The summed E-state index contributed by atoms with van der Waals surface area (Å²) in [5, 5.41) is 6.24. The number of nitrogens with one attached hydrogen (secondary N) is 2. The summed E-state index contributed by atoms with van der Waals surface area (Å²) in [5.41, 5.74) is 1.64. The monoisotopic (exact) mass is 533 g/mol. The number of hydrogen-bond donors (Lipinski definition) is 2. The summed E-state index contributed by atoms with van der Waals surface area (Å²) in [6, 6.07) is 11.5. The smallest absolute Gasteiger partial charge is 0.236 e. The average Bonchev–Trinajstić information content (AvgIpc) is 3.36. The van der Waals surface area contributed by atoms with Crippen molar-refractivity contribution in [2.45, 2.75) is 30.4 Å². The quantitative estimate of drug-likeness (QED) is 0.480. The van der Waals surface area contributed by atoms with Gasteiger partial charge in [0, 0.05) is 40.6 Å². The lowest BCUT2D eigenvalue weighted by atomic mass is 9.67. The van der Waals surface area contributed by atoms with E-state index in [0.717, 1.165) is 0 Å². The van der Waals surface area contributed by atoms with Crippen LogP contribution in [0.4, 0.5) is 10.2 Å². The summed E-state index contributed by atoms with van der Waals surface area (Å²) in [7, 11) is -2.25. The summed E-state index contributed by atoms with van der Waals surface area (Å²) >= 11 is 6.10. The van der Waals surface area contributed by atoms with E-state index in [1.54, 1.807) is 30.3 Å². The summed E-state index contributed by atoms with van der Waals surface area (Å²) < 4.78 is 54.0. The molecule has 2 aliphatic rings. The number of anilines is 1. The summed E-state index contributed by atoms with van der Waals surface area (Å²) in [5.74, 6) is -0.906. The van der Waals surface area contributed by atoms with Crippen molar-refractivity contribution in [1.29, 1.82) is 0 Å². The van der Waals surface area contributed by atoms with Gasteiger partial charge in [0.2, 0.25) is 15.9 Å². The van der Waals surface area contributed by atoms with Crippen molar-refractivity contribution >= 4 is 33.3 Å². The molecule has 1 saturated carbocycles. The zero-order chi connectivity index (χ0) is 25.4. The van der Waals surface area contributed by atoms with Gasteiger partial charge >= 0.3 is 0 Å². The molecular formula is C25H25ClFN3O5S. The Labute approximate surface area is 213 Å². The van der Waals surface area contributed by atoms with E-state index in [9.17, 15) is 13.2 Å². The molecule has 4 atom stereocenters. The van der Waals surface area contributed by atoms with Gasteiger partial charge in [-0.15, -0.1) is 0 Å². The van der Waals surface area contributed by atoms with E-state index in [1.165, 1.54) is 25.5 Å². The highest BCUT2D eigenvalue weighted by Gasteiger charge is 2.47. The Balaban J connectivity index is 1.42. The lowest BCUT2D eigenvalue weighted by Gasteiger charge is -2.43. The first-order valence-electron chi connectivity index (χ1n) is 11.6. The number of piperidine rings is 1. The highest BCUT2D eigenvalue weighted by atomic mass is 35.5. The number of hydrogen-bond acceptors (Lipinski definition) is 6. The second-order valence-electron chi connectivity index (χ2n) is 9.17. The van der Waals surface area contributed by atoms with Gasteiger partial charge in [-0.2, -0.15) is 0 Å². The summed E-state index contributed by atoms with van der Waals surface area (Å²) in [4.78, 5) is 12.8. The third-order valence-corrected chi connectivity index (χ3v) is 9.22. The molecule has 1 aromatic heterocycles. The number of fused-ring (bicyclic) bond motifs is 1. The Bertz CT molecular complexity index is 1380. The Kier molecular flexibility index (Phi) is 6.65. The molecule has 2 heterocycles. The average molecular weight is 534 g/mol. The van der Waals surface area contributed by atoms with Crippen LogP contribution in [0.1, 0.15) is 30.7 Å². The van der Waals surface area contributed by atoms with Crippen molar-refractivity contribution in [2.75, 3.05) is 18.4 Å². The number of rotatable bonds is 6. The maximum absolute atomic E-state index is 15.4. The third kappa shape index (κ3) is 4.67. The van der Waals surface area contributed by atoms with Gasteiger partial charge < -0.3 is 14.6 Å². The molecule has 2 N–H and O–H groups in total. The van der Waals surface area contributed by atoms with Gasteiger partial charge in [0.1, 0.15) is 17.8 Å². The van der Waals surface area contributed by atoms with Crippen molar-refractivity contribution < 1.29 is 26.9 Å². The summed E-state index contributed by atoms with van der Waals surface area (Å²) in [6.07, 6.45) is 2.29. The van der Waals surface area contributed by atoms with Crippen LogP contribution in [0.5, 0.6) is 5.75 Å². The standard InChI is InChI=1S/C25H25ClFN3O5S/c1-34-23-12-18(14-3-2-4-15(26)9-14)22(27)11-19(23)21-13-28-25(31)20-10-16(5-6-17(20)21)36(32,33)30-24-7-8-35-29-24/h2-4,7-9,11-12,16-17,20-21H,5-6,10,13H2,1H3,(H,28,31)(H,29,30). The van der Waals surface area contributed by atoms with Crippen molar-refractivity contribution in [1.82, 2.24) is 10.5 Å². The first-order chi connectivity index (χ1) is 17.3. The number of benzene rings is 2. The minimum absolute atomic E-state index is 0.100. The molecule has 2 aromatic carbocycles. The molecule has 190 valence electrons. The van der Waals surface area contributed by atoms with E-state index in [-0.39, 0.29) is 30.0 Å². The molecule has 0 bridgehead atoms. The third-order valence-electron chi connectivity index (χ3n) is 7.18. The first-order valence-corrected chi connectivity index (χ1v) is 13.5. The van der Waals surface area contributed by atoms with Gasteiger partial charge in [0.15, 0.2) is 5.82 Å². The normalized spacial score (nSPS) is 24.0. The van der Waals surface area contributed by atoms with Gasteiger partial charge in [0.25, 0.3) is 0 Å². The van der Waals surface area contributed by atoms with Crippen LogP contribution in [0.2, 0.25) is 5.02 Å². The molecule has 0 spiro atoms. The minimum Gasteiger partial charge on any atom is -0.496 e. The topological polar surface area (TPSA) is 111 Å². The van der Waals surface area contributed by atoms with E-state index in [4.69, 9.17) is 20.9 Å². The Morgan fingerprint density at radius 3 is 2.75 bits per heavy atom. The van der Waals surface area contributed by atoms with Crippen molar-refractivity contribution in [2.24, 2.45) is 11.8 Å². The predicted molar refractivity (Wildman–Crippen MR) is 133 cm³/mol. The van der Waals surface area contributed by atoms with E-state index in [1.807, 2.05) is 0 Å². The molecule has 36 heavy (non-hydrogen) atoms. The number of carbonyl (C=O) groups is 1. The largest absolute Gasteiger partial charge is 0.496 e. The fourth-order valence-corrected chi connectivity index (χ4v) is 7.12. The van der Waals surface area contributed by atoms with Crippen LogP contribution >= 0.6 is 11.6 Å². The lowest BCUT2D eigenvalue weighted by molar-refractivity contribution is -0.130. The lowest BCUT2D eigenvalue weighted by Crippen LogP contribution is -2.51. The highest BCUT2D eigenvalue weighted by molar-refractivity contribution is 7.93. The van der Waals surface area contributed by atoms with Crippen molar-refractivity contribution in [3.05, 3.63) is 65.1 Å². The molecule has 5 rings (SSSR count). The van der Waals surface area contributed by atoms with Crippen LogP contribution in [0, 0.1) is 17.7 Å². The molecule has 11 heteroatoms. The van der Waals surface area contributed by atoms with Crippen LogP contribution in [-0.4, -0.2) is 38.4 Å². The second-order valence-corrected chi connectivity index (χ2v) is 11.6. The number of aromatic nitrogens is 1. The predicted octanol–water partition coefficient (Wildman–Crippen LogP) is 4.58. The second kappa shape index (κ2) is 9.74. The van der Waals surface area contributed by atoms with E-state index in [0.29, 0.717) is 46.8 Å². The minimum atomic E-state index is -3.77. The fourth-order valence-electron chi connectivity index (χ4n) is 5.46. The molecule has 1 aliphatic heterocycles. The highest BCUT2D eigenvalue weighted by Crippen LogP contribution is 2.47. The molecule has 1 saturated heterocycles. The Morgan fingerprint density at radius 2 is 2.03 bits per heavy atom. The van der Waals surface area contributed by atoms with Crippen molar-refractivity contribution in [3.8, 4) is 16.9 Å². The molecule has 1 amide bonds. The van der Waals surface area contributed by atoms with Crippen LogP contribution in [0.15, 0.2) is 53.3 Å². The van der Waals surface area contributed by atoms with Gasteiger partial charge in [0.05, 0.1) is 12.4 Å². The summed E-state index contributed by atoms with van der Waals surface area (Å²) in [6.45, 7) is 0.320. The number of sulfonamides is 1. The van der Waals surface area contributed by atoms with Gasteiger partial charge in [-0.3, -0.25) is 9.52 Å². The molecular weight excluding hydrogens is 509 g/mol. The van der Waals surface area contributed by atoms with E-state index >= 15 is 4.39 Å². The molecule has 1 aliphatic carbocycles. The van der Waals surface area contributed by atoms with Crippen LogP contribution < -0.4 is 14.8 Å². The molecule has 8 nitrogen and oxygen atoms in total. The Hall–Kier alpha value is -3.11. The van der Waals surface area contributed by atoms with Gasteiger partial charge in [-0.25, -0.2) is 12.8 Å². The SMILES string of the molecule is COc1cc(-c2cccc(Cl)c2)c(F)cc1C1CNC(=O)C2CC(S(=O)(=O)Nc3ccon3)CCC21. The van der Waals surface area contributed by atoms with Gasteiger partial charge in [-0.1, -0.05) is 28.9 Å². The molecule has 3 aromatic rings. The number of amides is 1.